The molecule has 0 unspecified atom stereocenters. The third kappa shape index (κ3) is 2.34. The maximum absolute atomic E-state index is 13.2. The molecule has 0 bridgehead atoms. The number of rotatable bonds is 4. The molecule has 0 aliphatic carbocycles. The fourth-order valence-corrected chi connectivity index (χ4v) is 1.25. The van der Waals surface area contributed by atoms with Gasteiger partial charge in [0.1, 0.15) is 0 Å². The molecule has 1 aromatic carbocycles. The largest absolute Gasteiger partial charge is 0.505 e. The van der Waals surface area contributed by atoms with Crippen molar-refractivity contribution in [2.75, 3.05) is 13.7 Å². The van der Waals surface area contributed by atoms with E-state index < -0.39 is 17.4 Å². The zero-order valence-corrected chi connectivity index (χ0v) is 8.09. The Morgan fingerprint density at radius 1 is 1.40 bits per heavy atom. The monoisotopic (exact) mass is 219 g/mol. The van der Waals surface area contributed by atoms with Crippen LogP contribution in [0.25, 0.3) is 0 Å². The second kappa shape index (κ2) is 4.90. The van der Waals surface area contributed by atoms with Crippen LogP contribution in [0.3, 0.4) is 0 Å². The van der Waals surface area contributed by atoms with Crippen molar-refractivity contribution in [3.8, 4) is 11.5 Å². The Morgan fingerprint density at radius 3 is 2.60 bits per heavy atom. The highest BCUT2D eigenvalue weighted by molar-refractivity contribution is 5.46. The Hall–Kier alpha value is -1.40. The highest BCUT2D eigenvalue weighted by Gasteiger charge is 2.18. The molecule has 0 atom stereocenters. The van der Waals surface area contributed by atoms with Crippen molar-refractivity contribution in [2.45, 2.75) is 6.42 Å². The lowest BCUT2D eigenvalue weighted by Gasteiger charge is -2.11. The van der Waals surface area contributed by atoms with Gasteiger partial charge in [-0.3, -0.25) is 0 Å². The highest BCUT2D eigenvalue weighted by atomic mass is 19.1. The quantitative estimate of drug-likeness (QED) is 0.744. The number of halogens is 2. The first-order valence-corrected chi connectivity index (χ1v) is 4.17. The van der Waals surface area contributed by atoms with Gasteiger partial charge in [0.05, 0.1) is 13.7 Å². The van der Waals surface area contributed by atoms with Crippen molar-refractivity contribution in [3.05, 3.63) is 23.3 Å². The molecule has 0 aromatic heterocycles. The lowest BCUT2D eigenvalue weighted by atomic mass is 10.1. The molecule has 4 nitrogen and oxygen atoms in total. The van der Waals surface area contributed by atoms with Gasteiger partial charge in [-0.2, -0.15) is 0 Å². The van der Waals surface area contributed by atoms with E-state index in [9.17, 15) is 13.9 Å². The first-order valence-electron chi connectivity index (χ1n) is 4.17. The molecule has 1 aromatic rings. The van der Waals surface area contributed by atoms with Crippen LogP contribution in [0.4, 0.5) is 8.78 Å². The number of ether oxygens (including phenoxy) is 1. The summed E-state index contributed by atoms with van der Waals surface area (Å²) in [7, 11) is 1.22. The van der Waals surface area contributed by atoms with Gasteiger partial charge in [-0.05, 0) is 0 Å². The maximum atomic E-state index is 13.2. The number of aromatic hydroxyl groups is 1. The summed E-state index contributed by atoms with van der Waals surface area (Å²) in [5, 5.41) is 9.34. The van der Waals surface area contributed by atoms with Crippen LogP contribution in [0, 0.1) is 11.6 Å². The van der Waals surface area contributed by atoms with Crippen LogP contribution in [0.1, 0.15) is 5.56 Å². The second-order valence-electron chi connectivity index (χ2n) is 2.82. The molecule has 0 radical (unpaired) electrons. The predicted molar refractivity (Wildman–Crippen MR) is 48.4 cm³/mol. The molecule has 6 heteroatoms. The standard InChI is InChI=1S/C9H11F2NO3/c1-14-9-5(2-3-15-12)8(13)6(10)4-7(9)11/h4,13H,2-3,12H2,1H3. The molecule has 0 saturated carbocycles. The lowest BCUT2D eigenvalue weighted by molar-refractivity contribution is 0.140. The summed E-state index contributed by atoms with van der Waals surface area (Å²) in [6.45, 7) is 0.0206. The smallest absolute Gasteiger partial charge is 0.168 e. The molecule has 3 N–H and O–H groups in total. The van der Waals surface area contributed by atoms with Crippen LogP contribution in [0.2, 0.25) is 0 Å². The van der Waals surface area contributed by atoms with Gasteiger partial charge in [0, 0.05) is 18.1 Å². The van der Waals surface area contributed by atoms with E-state index in [1.165, 1.54) is 7.11 Å². The van der Waals surface area contributed by atoms with Gasteiger partial charge < -0.3 is 14.7 Å². The second-order valence-corrected chi connectivity index (χ2v) is 2.82. The van der Waals surface area contributed by atoms with Gasteiger partial charge >= 0.3 is 0 Å². The van der Waals surface area contributed by atoms with Crippen molar-refractivity contribution in [1.82, 2.24) is 0 Å². The molecular formula is C9H11F2NO3. The number of phenols is 1. The van der Waals surface area contributed by atoms with Gasteiger partial charge in [0.2, 0.25) is 0 Å². The van der Waals surface area contributed by atoms with Crippen LogP contribution in [0.15, 0.2) is 6.07 Å². The molecule has 0 aliphatic heterocycles. The van der Waals surface area contributed by atoms with Crippen LogP contribution in [0.5, 0.6) is 11.5 Å². The molecule has 0 amide bonds. The first-order chi connectivity index (χ1) is 7.11. The fraction of sp³-hybridized carbons (Fsp3) is 0.333. The van der Waals surface area contributed by atoms with Crippen molar-refractivity contribution < 1.29 is 23.5 Å². The van der Waals surface area contributed by atoms with Gasteiger partial charge in [0.25, 0.3) is 0 Å². The number of methoxy groups -OCH3 is 1. The number of hydrogen-bond acceptors (Lipinski definition) is 4. The van der Waals surface area contributed by atoms with Crippen molar-refractivity contribution in [3.63, 3.8) is 0 Å². The van der Waals surface area contributed by atoms with E-state index in [2.05, 4.69) is 4.84 Å². The zero-order chi connectivity index (χ0) is 11.4. The van der Waals surface area contributed by atoms with Gasteiger partial charge in [-0.15, -0.1) is 0 Å². The van der Waals surface area contributed by atoms with Crippen LogP contribution >= 0.6 is 0 Å². The minimum absolute atomic E-state index is 0.000417. The molecule has 0 fully saturated rings. The van der Waals surface area contributed by atoms with E-state index in [0.29, 0.717) is 6.07 Å². The average molecular weight is 219 g/mol. The maximum Gasteiger partial charge on any atom is 0.168 e. The third-order valence-corrected chi connectivity index (χ3v) is 1.93. The van der Waals surface area contributed by atoms with Crippen molar-refractivity contribution in [1.29, 1.82) is 0 Å². The topological polar surface area (TPSA) is 64.7 Å². The number of phenolic OH excluding ortho intramolecular Hbond substituents is 1. The van der Waals surface area contributed by atoms with Gasteiger partial charge in [-0.25, -0.2) is 14.7 Å². The molecule has 0 saturated heterocycles. The zero-order valence-electron chi connectivity index (χ0n) is 8.09. The molecular weight excluding hydrogens is 208 g/mol. The van der Waals surface area contributed by atoms with Crippen LogP contribution in [-0.4, -0.2) is 18.8 Å². The molecule has 0 heterocycles. The highest BCUT2D eigenvalue weighted by Crippen LogP contribution is 2.33. The minimum Gasteiger partial charge on any atom is -0.505 e. The Bertz CT molecular complexity index is 358. The number of hydrogen-bond donors (Lipinski definition) is 2. The lowest BCUT2D eigenvalue weighted by Crippen LogP contribution is -2.06. The van der Waals surface area contributed by atoms with E-state index in [-0.39, 0.29) is 24.3 Å². The first kappa shape index (κ1) is 11.7. The Morgan fingerprint density at radius 2 is 2.07 bits per heavy atom. The summed E-state index contributed by atoms with van der Waals surface area (Å²) in [6.07, 6.45) is 0.0557. The summed E-state index contributed by atoms with van der Waals surface area (Å²) in [5.41, 5.74) is 0.000417. The van der Waals surface area contributed by atoms with E-state index in [1.807, 2.05) is 0 Å². The number of nitrogens with two attached hydrogens (primary N) is 1. The van der Waals surface area contributed by atoms with E-state index in [0.717, 1.165) is 0 Å². The molecule has 15 heavy (non-hydrogen) atoms. The van der Waals surface area contributed by atoms with E-state index in [1.54, 1.807) is 0 Å². The van der Waals surface area contributed by atoms with Crippen LogP contribution in [-0.2, 0) is 11.3 Å². The summed E-state index contributed by atoms with van der Waals surface area (Å²) < 4.78 is 30.8. The summed E-state index contributed by atoms with van der Waals surface area (Å²) in [6, 6.07) is 0.557. The van der Waals surface area contributed by atoms with Gasteiger partial charge in [0.15, 0.2) is 23.1 Å². The Kier molecular flexibility index (Phi) is 3.81. The van der Waals surface area contributed by atoms with Crippen molar-refractivity contribution >= 4 is 0 Å². The summed E-state index contributed by atoms with van der Waals surface area (Å²) >= 11 is 0. The summed E-state index contributed by atoms with van der Waals surface area (Å²) in [5.74, 6) is 2.02. The Balaban J connectivity index is 3.18. The molecule has 0 spiro atoms. The van der Waals surface area contributed by atoms with Crippen molar-refractivity contribution in [2.24, 2.45) is 5.90 Å². The average Bonchev–Trinajstić information content (AvgIpc) is 2.21. The molecule has 84 valence electrons. The predicted octanol–water partition coefficient (Wildman–Crippen LogP) is 1.11. The number of benzene rings is 1. The van der Waals surface area contributed by atoms with E-state index >= 15 is 0 Å². The normalized spacial score (nSPS) is 10.4. The fourth-order valence-electron chi connectivity index (χ4n) is 1.25. The third-order valence-electron chi connectivity index (χ3n) is 1.93. The minimum atomic E-state index is -1.04. The summed E-state index contributed by atoms with van der Waals surface area (Å²) in [4.78, 5) is 4.27. The van der Waals surface area contributed by atoms with E-state index in [4.69, 9.17) is 10.6 Å². The molecule has 1 rings (SSSR count). The SMILES string of the molecule is COc1c(F)cc(F)c(O)c1CCON. The van der Waals surface area contributed by atoms with Crippen LogP contribution < -0.4 is 10.6 Å². The van der Waals surface area contributed by atoms with Gasteiger partial charge in [-0.1, -0.05) is 0 Å². The Labute approximate surface area is 85.2 Å². The molecule has 0 aliphatic rings.